The molecule has 1 aromatic carbocycles. The van der Waals surface area contributed by atoms with Gasteiger partial charge >= 0.3 is 0 Å². The van der Waals surface area contributed by atoms with Gasteiger partial charge in [-0.05, 0) is 38.8 Å². The number of benzene rings is 1. The zero-order chi connectivity index (χ0) is 19.1. The first-order chi connectivity index (χ1) is 12.2. The maximum absolute atomic E-state index is 13.0. The molecule has 2 atom stereocenters. The molecule has 0 radical (unpaired) electrons. The van der Waals surface area contributed by atoms with E-state index < -0.39 is 15.8 Å². The van der Waals surface area contributed by atoms with E-state index in [-0.39, 0.29) is 35.8 Å². The summed E-state index contributed by atoms with van der Waals surface area (Å²) in [4.78, 5) is 28.9. The van der Waals surface area contributed by atoms with Crippen LogP contribution >= 0.6 is 0 Å². The van der Waals surface area contributed by atoms with Gasteiger partial charge in [0.05, 0.1) is 17.4 Å². The Hall–Kier alpha value is -1.89. The molecule has 2 saturated heterocycles. The summed E-state index contributed by atoms with van der Waals surface area (Å²) in [7, 11) is -3.05. The highest BCUT2D eigenvalue weighted by atomic mass is 32.2. The van der Waals surface area contributed by atoms with Gasteiger partial charge in [-0.25, -0.2) is 8.42 Å². The van der Waals surface area contributed by atoms with E-state index in [0.717, 1.165) is 16.8 Å². The second-order valence-corrected chi connectivity index (χ2v) is 9.61. The minimum Gasteiger partial charge on any atom is -0.339 e. The molecule has 2 fully saturated rings. The molecule has 142 valence electrons. The molecule has 2 aliphatic rings. The first-order valence-corrected chi connectivity index (χ1v) is 10.9. The fraction of sp³-hybridized carbons (Fsp3) is 0.579. The number of anilines is 1. The van der Waals surface area contributed by atoms with Crippen LogP contribution in [0.2, 0.25) is 0 Å². The Bertz CT molecular complexity index is 834. The molecule has 2 unspecified atom stereocenters. The number of sulfone groups is 1. The Balaban J connectivity index is 1.76. The van der Waals surface area contributed by atoms with Crippen molar-refractivity contribution in [2.24, 2.45) is 5.92 Å². The van der Waals surface area contributed by atoms with Crippen LogP contribution in [0, 0.1) is 19.8 Å². The van der Waals surface area contributed by atoms with Gasteiger partial charge in [0.1, 0.15) is 0 Å². The third-order valence-corrected chi connectivity index (χ3v) is 7.14. The molecule has 0 bridgehead atoms. The zero-order valence-electron chi connectivity index (χ0n) is 15.6. The number of hydrogen-bond acceptors (Lipinski definition) is 4. The lowest BCUT2D eigenvalue weighted by Crippen LogP contribution is -2.44. The Labute approximate surface area is 155 Å². The van der Waals surface area contributed by atoms with E-state index in [2.05, 4.69) is 0 Å². The highest BCUT2D eigenvalue weighted by molar-refractivity contribution is 7.91. The zero-order valence-corrected chi connectivity index (χ0v) is 16.4. The maximum atomic E-state index is 13.0. The van der Waals surface area contributed by atoms with Gasteiger partial charge in [-0.3, -0.25) is 9.59 Å². The molecular formula is C19H26N2O4S. The van der Waals surface area contributed by atoms with Crippen molar-refractivity contribution in [3.63, 3.8) is 0 Å². The Kier molecular flexibility index (Phi) is 5.10. The molecule has 0 aromatic heterocycles. The van der Waals surface area contributed by atoms with Crippen molar-refractivity contribution < 1.29 is 18.0 Å². The largest absolute Gasteiger partial charge is 0.339 e. The normalized spacial score (nSPS) is 24.9. The van der Waals surface area contributed by atoms with E-state index >= 15 is 0 Å². The van der Waals surface area contributed by atoms with Gasteiger partial charge < -0.3 is 9.80 Å². The van der Waals surface area contributed by atoms with E-state index in [1.54, 1.807) is 9.80 Å². The summed E-state index contributed by atoms with van der Waals surface area (Å²) in [5.74, 6) is -0.389. The minimum atomic E-state index is -3.05. The first kappa shape index (κ1) is 18.9. The third kappa shape index (κ3) is 3.63. The van der Waals surface area contributed by atoms with Crippen LogP contribution in [-0.4, -0.2) is 55.8 Å². The lowest BCUT2D eigenvalue weighted by molar-refractivity contribution is -0.137. The Morgan fingerprint density at radius 2 is 2.04 bits per heavy atom. The van der Waals surface area contributed by atoms with Crippen LogP contribution in [0.15, 0.2) is 18.2 Å². The number of carbonyl (C=O) groups excluding carboxylic acids is 2. The van der Waals surface area contributed by atoms with Crippen LogP contribution in [-0.2, 0) is 19.4 Å². The number of rotatable bonds is 4. The molecule has 26 heavy (non-hydrogen) atoms. The van der Waals surface area contributed by atoms with E-state index in [1.807, 2.05) is 39.0 Å². The molecular weight excluding hydrogens is 352 g/mol. The summed E-state index contributed by atoms with van der Waals surface area (Å²) in [5.41, 5.74) is 2.99. The molecule has 0 aliphatic carbocycles. The summed E-state index contributed by atoms with van der Waals surface area (Å²) < 4.78 is 23.5. The SMILES string of the molecule is CCN(C(=O)C1CC(=O)N(c2ccc(C)cc2C)C1)C1CCS(=O)(=O)C1. The van der Waals surface area contributed by atoms with Crippen molar-refractivity contribution >= 4 is 27.3 Å². The maximum Gasteiger partial charge on any atom is 0.228 e. The summed E-state index contributed by atoms with van der Waals surface area (Å²) in [6, 6.07) is 5.66. The second kappa shape index (κ2) is 7.02. The molecule has 0 N–H and O–H groups in total. The van der Waals surface area contributed by atoms with Gasteiger partial charge in [-0.1, -0.05) is 17.7 Å². The minimum absolute atomic E-state index is 0.0357. The fourth-order valence-electron chi connectivity index (χ4n) is 4.06. The summed E-state index contributed by atoms with van der Waals surface area (Å²) in [6.45, 7) is 6.66. The van der Waals surface area contributed by atoms with E-state index in [0.29, 0.717) is 19.5 Å². The molecule has 0 spiro atoms. The average molecular weight is 378 g/mol. The van der Waals surface area contributed by atoms with Gasteiger partial charge in [0, 0.05) is 31.2 Å². The van der Waals surface area contributed by atoms with Crippen molar-refractivity contribution in [1.82, 2.24) is 4.90 Å². The summed E-state index contributed by atoms with van der Waals surface area (Å²) in [5, 5.41) is 0. The quantitative estimate of drug-likeness (QED) is 0.799. The van der Waals surface area contributed by atoms with Crippen LogP contribution in [0.3, 0.4) is 0 Å². The number of carbonyl (C=O) groups is 2. The molecule has 0 saturated carbocycles. The highest BCUT2D eigenvalue weighted by Gasteiger charge is 2.41. The topological polar surface area (TPSA) is 74.8 Å². The molecule has 2 heterocycles. The van der Waals surface area contributed by atoms with Crippen LogP contribution in [0.25, 0.3) is 0 Å². The summed E-state index contributed by atoms with van der Waals surface area (Å²) in [6.07, 6.45) is 0.672. The summed E-state index contributed by atoms with van der Waals surface area (Å²) >= 11 is 0. The highest BCUT2D eigenvalue weighted by Crippen LogP contribution is 2.30. The predicted octanol–water partition coefficient (Wildman–Crippen LogP) is 1.69. The Morgan fingerprint density at radius 3 is 2.62 bits per heavy atom. The number of nitrogens with zero attached hydrogens (tertiary/aromatic N) is 2. The molecule has 6 nitrogen and oxygen atoms in total. The lowest BCUT2D eigenvalue weighted by atomic mass is 10.1. The standard InChI is InChI=1S/C19H26N2O4S/c1-4-20(16-7-8-26(24,25)12-16)19(23)15-10-18(22)21(11-15)17-6-5-13(2)9-14(17)3/h5-6,9,15-16H,4,7-8,10-12H2,1-3H3. The van der Waals surface area contributed by atoms with Gasteiger partial charge in [-0.15, -0.1) is 0 Å². The molecule has 7 heteroatoms. The smallest absolute Gasteiger partial charge is 0.228 e. The van der Waals surface area contributed by atoms with Gasteiger partial charge in [0.15, 0.2) is 9.84 Å². The van der Waals surface area contributed by atoms with Crippen LogP contribution in [0.5, 0.6) is 0 Å². The van der Waals surface area contributed by atoms with Crippen molar-refractivity contribution in [1.29, 1.82) is 0 Å². The van der Waals surface area contributed by atoms with Crippen molar-refractivity contribution in [3.8, 4) is 0 Å². The molecule has 2 amide bonds. The molecule has 3 rings (SSSR count). The fourth-order valence-corrected chi connectivity index (χ4v) is 5.79. The first-order valence-electron chi connectivity index (χ1n) is 9.10. The van der Waals surface area contributed by atoms with Crippen LogP contribution in [0.4, 0.5) is 5.69 Å². The lowest BCUT2D eigenvalue weighted by Gasteiger charge is -2.29. The van der Waals surface area contributed by atoms with E-state index in [9.17, 15) is 18.0 Å². The van der Waals surface area contributed by atoms with Crippen molar-refractivity contribution in [2.75, 3.05) is 29.5 Å². The second-order valence-electron chi connectivity index (χ2n) is 7.38. The molecule has 1 aromatic rings. The van der Waals surface area contributed by atoms with Crippen LogP contribution in [0.1, 0.15) is 30.9 Å². The van der Waals surface area contributed by atoms with Crippen LogP contribution < -0.4 is 4.90 Å². The van der Waals surface area contributed by atoms with E-state index in [1.165, 1.54) is 0 Å². The van der Waals surface area contributed by atoms with Crippen molar-refractivity contribution in [2.45, 2.75) is 39.7 Å². The van der Waals surface area contributed by atoms with Crippen molar-refractivity contribution in [3.05, 3.63) is 29.3 Å². The number of aryl methyl sites for hydroxylation is 2. The monoisotopic (exact) mass is 378 g/mol. The molecule has 2 aliphatic heterocycles. The van der Waals surface area contributed by atoms with Gasteiger partial charge in [-0.2, -0.15) is 0 Å². The van der Waals surface area contributed by atoms with Gasteiger partial charge in [0.25, 0.3) is 0 Å². The Morgan fingerprint density at radius 1 is 1.31 bits per heavy atom. The average Bonchev–Trinajstić information content (AvgIpc) is 3.11. The van der Waals surface area contributed by atoms with Gasteiger partial charge in [0.2, 0.25) is 11.8 Å². The van der Waals surface area contributed by atoms with E-state index in [4.69, 9.17) is 0 Å². The third-order valence-electron chi connectivity index (χ3n) is 5.39. The number of hydrogen-bond donors (Lipinski definition) is 0. The predicted molar refractivity (Wildman–Crippen MR) is 101 cm³/mol. The number of amides is 2.